The van der Waals surface area contributed by atoms with Crippen LogP contribution in [0.2, 0.25) is 5.02 Å². The maximum Gasteiger partial charge on any atom is 0.408 e. The van der Waals surface area contributed by atoms with Gasteiger partial charge < -0.3 is 25.8 Å². The number of alkyl carbamates (subject to hydrolysis) is 1. The molecule has 8 nitrogen and oxygen atoms in total. The van der Waals surface area contributed by atoms with Crippen molar-refractivity contribution in [2.45, 2.75) is 77.0 Å². The molecule has 0 radical (unpaired) electrons. The van der Waals surface area contributed by atoms with E-state index in [1.807, 2.05) is 38.1 Å². The van der Waals surface area contributed by atoms with Crippen LogP contribution in [0.15, 0.2) is 24.3 Å². The zero-order valence-electron chi connectivity index (χ0n) is 20.6. The summed E-state index contributed by atoms with van der Waals surface area (Å²) in [5.41, 5.74) is 1.11. The lowest BCUT2D eigenvalue weighted by atomic mass is 9.96. The Bertz CT molecular complexity index is 880. The molecule has 5 atom stereocenters. The number of carbonyl (C=O) groups is 3. The molecule has 5 unspecified atom stereocenters. The Kier molecular flexibility index (Phi) is 10.2. The lowest BCUT2D eigenvalue weighted by Crippen LogP contribution is -2.52. The Morgan fingerprint density at radius 1 is 1.23 bits per heavy atom. The van der Waals surface area contributed by atoms with Gasteiger partial charge in [-0.05, 0) is 68.6 Å². The van der Waals surface area contributed by atoms with E-state index < -0.39 is 18.2 Å². The Morgan fingerprint density at radius 2 is 2.03 bits per heavy atom. The van der Waals surface area contributed by atoms with E-state index in [-0.39, 0.29) is 42.3 Å². The molecule has 0 bridgehead atoms. The van der Waals surface area contributed by atoms with Gasteiger partial charge in [0.05, 0.1) is 12.6 Å². The molecule has 35 heavy (non-hydrogen) atoms. The van der Waals surface area contributed by atoms with E-state index in [0.717, 1.165) is 31.2 Å². The van der Waals surface area contributed by atoms with Crippen LogP contribution in [0.1, 0.15) is 57.9 Å². The van der Waals surface area contributed by atoms with Crippen molar-refractivity contribution < 1.29 is 24.2 Å². The first-order valence-corrected chi connectivity index (χ1v) is 13.0. The molecule has 2 aliphatic rings. The number of hydrogen-bond acceptors (Lipinski definition) is 5. The van der Waals surface area contributed by atoms with Crippen LogP contribution >= 0.6 is 11.6 Å². The molecule has 3 amide bonds. The molecular weight excluding hydrogens is 470 g/mol. The maximum atomic E-state index is 13.0. The van der Waals surface area contributed by atoms with Crippen LogP contribution in [0.4, 0.5) is 4.79 Å². The second-order valence-corrected chi connectivity index (χ2v) is 10.6. The van der Waals surface area contributed by atoms with E-state index in [1.165, 1.54) is 0 Å². The predicted octanol–water partition coefficient (Wildman–Crippen LogP) is 3.20. The van der Waals surface area contributed by atoms with Crippen molar-refractivity contribution in [1.29, 1.82) is 0 Å². The van der Waals surface area contributed by atoms with E-state index in [1.54, 1.807) is 0 Å². The minimum Gasteiger partial charge on any atom is -0.446 e. The number of nitrogens with one attached hydrogen (secondary N) is 3. The van der Waals surface area contributed by atoms with Gasteiger partial charge in [-0.15, -0.1) is 0 Å². The summed E-state index contributed by atoms with van der Waals surface area (Å²) in [5.74, 6) is -0.307. The number of aliphatic hydroxyl groups is 1. The van der Waals surface area contributed by atoms with Gasteiger partial charge in [0, 0.05) is 23.4 Å². The van der Waals surface area contributed by atoms with Crippen molar-refractivity contribution in [3.63, 3.8) is 0 Å². The molecule has 9 heteroatoms. The van der Waals surface area contributed by atoms with Crippen molar-refractivity contribution in [3.8, 4) is 0 Å². The molecule has 0 aromatic heterocycles. The van der Waals surface area contributed by atoms with Crippen molar-refractivity contribution in [2.75, 3.05) is 13.2 Å². The second kappa shape index (κ2) is 13.1. The molecule has 1 saturated carbocycles. The van der Waals surface area contributed by atoms with Gasteiger partial charge in [0.15, 0.2) is 0 Å². The average Bonchev–Trinajstić information content (AvgIpc) is 3.40. The average molecular weight is 508 g/mol. The van der Waals surface area contributed by atoms with Gasteiger partial charge >= 0.3 is 6.09 Å². The van der Waals surface area contributed by atoms with Crippen molar-refractivity contribution in [1.82, 2.24) is 16.0 Å². The number of hydrogen-bond donors (Lipinski definition) is 4. The van der Waals surface area contributed by atoms with Crippen LogP contribution in [0.5, 0.6) is 0 Å². The normalized spacial score (nSPS) is 23.6. The summed E-state index contributed by atoms with van der Waals surface area (Å²) >= 11 is 6.11. The number of benzene rings is 1. The van der Waals surface area contributed by atoms with Crippen LogP contribution in [0.3, 0.4) is 0 Å². The van der Waals surface area contributed by atoms with Crippen molar-refractivity contribution >= 4 is 29.5 Å². The molecule has 1 saturated heterocycles. The molecule has 2 fully saturated rings. The molecule has 0 spiro atoms. The first-order valence-electron chi connectivity index (χ1n) is 12.7. The van der Waals surface area contributed by atoms with Gasteiger partial charge in [0.25, 0.3) is 0 Å². The highest BCUT2D eigenvalue weighted by atomic mass is 35.5. The standard InChI is InChI=1S/C26H38ClN3O5/c1-16(2)11-22(25(33)29-21(15-31)14-19-9-10-28-24(19)32)30-26(34)35-23-8-4-6-18(23)12-17-5-3-7-20(27)13-17/h3,5,7,13,16,18-19,21-23,31H,4,6,8-12,14-15H2,1-2H3,(H,28,32)(H,29,33)(H,30,34). The Morgan fingerprint density at radius 3 is 2.69 bits per heavy atom. The Labute approximate surface area is 212 Å². The second-order valence-electron chi connectivity index (χ2n) is 10.2. The topological polar surface area (TPSA) is 117 Å². The van der Waals surface area contributed by atoms with Crippen molar-refractivity contribution in [3.05, 3.63) is 34.9 Å². The van der Waals surface area contributed by atoms with Gasteiger partial charge in [-0.25, -0.2) is 4.79 Å². The van der Waals surface area contributed by atoms with Gasteiger partial charge in [0.1, 0.15) is 12.1 Å². The third kappa shape index (κ3) is 8.39. The third-order valence-corrected chi connectivity index (χ3v) is 7.08. The fraction of sp³-hybridized carbons (Fsp3) is 0.654. The van der Waals surface area contributed by atoms with E-state index in [2.05, 4.69) is 16.0 Å². The van der Waals surface area contributed by atoms with E-state index in [0.29, 0.717) is 30.8 Å². The fourth-order valence-corrected chi connectivity index (χ4v) is 5.28. The van der Waals surface area contributed by atoms with Crippen LogP contribution < -0.4 is 16.0 Å². The lowest BCUT2D eigenvalue weighted by molar-refractivity contribution is -0.126. The van der Waals surface area contributed by atoms with E-state index >= 15 is 0 Å². The number of halogens is 1. The minimum atomic E-state index is -0.790. The molecular formula is C26H38ClN3O5. The predicted molar refractivity (Wildman–Crippen MR) is 134 cm³/mol. The Balaban J connectivity index is 1.55. The molecule has 1 aromatic carbocycles. The van der Waals surface area contributed by atoms with Crippen LogP contribution in [0.25, 0.3) is 0 Å². The van der Waals surface area contributed by atoms with E-state index in [4.69, 9.17) is 16.3 Å². The molecule has 4 N–H and O–H groups in total. The summed E-state index contributed by atoms with van der Waals surface area (Å²) in [6.45, 7) is 4.27. The van der Waals surface area contributed by atoms with Gasteiger partial charge in [0.2, 0.25) is 11.8 Å². The summed E-state index contributed by atoms with van der Waals surface area (Å²) in [4.78, 5) is 37.7. The molecule has 1 heterocycles. The molecule has 194 valence electrons. The van der Waals surface area contributed by atoms with Crippen LogP contribution in [-0.4, -0.2) is 54.4 Å². The highest BCUT2D eigenvalue weighted by molar-refractivity contribution is 6.30. The molecule has 1 aromatic rings. The lowest BCUT2D eigenvalue weighted by Gasteiger charge is -2.26. The van der Waals surface area contributed by atoms with Gasteiger partial charge in [-0.1, -0.05) is 37.6 Å². The number of rotatable bonds is 11. The molecule has 1 aliphatic heterocycles. The highest BCUT2D eigenvalue weighted by Gasteiger charge is 2.33. The highest BCUT2D eigenvalue weighted by Crippen LogP contribution is 2.32. The quantitative estimate of drug-likeness (QED) is 0.367. The van der Waals surface area contributed by atoms with E-state index in [9.17, 15) is 19.5 Å². The number of amides is 3. The zero-order chi connectivity index (χ0) is 25.4. The first-order chi connectivity index (χ1) is 16.7. The summed E-state index contributed by atoms with van der Waals surface area (Å²) in [6, 6.07) is 6.38. The number of carbonyl (C=O) groups excluding carboxylic acids is 3. The molecule has 1 aliphatic carbocycles. The Hall–Kier alpha value is -2.32. The number of ether oxygens (including phenoxy) is 1. The largest absolute Gasteiger partial charge is 0.446 e. The van der Waals surface area contributed by atoms with Crippen LogP contribution in [-0.2, 0) is 20.7 Å². The summed E-state index contributed by atoms with van der Waals surface area (Å²) in [5, 5.41) is 18.8. The smallest absolute Gasteiger partial charge is 0.408 e. The number of aliphatic hydroxyl groups excluding tert-OH is 1. The van der Waals surface area contributed by atoms with Gasteiger partial charge in [-0.2, -0.15) is 0 Å². The summed E-state index contributed by atoms with van der Waals surface area (Å²) in [6.07, 6.45) is 4.16. The monoisotopic (exact) mass is 507 g/mol. The molecule has 3 rings (SSSR count). The zero-order valence-corrected chi connectivity index (χ0v) is 21.4. The maximum absolute atomic E-state index is 13.0. The fourth-order valence-electron chi connectivity index (χ4n) is 5.07. The third-order valence-electron chi connectivity index (χ3n) is 6.85. The van der Waals surface area contributed by atoms with Crippen LogP contribution in [0, 0.1) is 17.8 Å². The minimum absolute atomic E-state index is 0.0537. The summed E-state index contributed by atoms with van der Waals surface area (Å²) in [7, 11) is 0. The first kappa shape index (κ1) is 27.3. The summed E-state index contributed by atoms with van der Waals surface area (Å²) < 4.78 is 5.78. The SMILES string of the molecule is CC(C)CC(NC(=O)OC1CCCC1Cc1cccc(Cl)c1)C(=O)NC(CO)CC1CCNC1=O. The van der Waals surface area contributed by atoms with Gasteiger partial charge in [-0.3, -0.25) is 9.59 Å². The van der Waals surface area contributed by atoms with Crippen molar-refractivity contribution in [2.24, 2.45) is 17.8 Å².